The second-order valence-corrected chi connectivity index (χ2v) is 6.41. The Hall–Kier alpha value is -1.59. The number of unbranched alkanes of at least 4 members (excludes halogenated alkanes) is 1. The lowest BCUT2D eigenvalue weighted by atomic mass is 10.0. The van der Waals surface area contributed by atoms with Crippen molar-refractivity contribution in [1.82, 2.24) is 10.8 Å². The Morgan fingerprint density at radius 2 is 2.12 bits per heavy atom. The predicted octanol–water partition coefficient (Wildman–Crippen LogP) is 2.99. The van der Waals surface area contributed by atoms with Crippen molar-refractivity contribution in [2.45, 2.75) is 57.9 Å². The highest BCUT2D eigenvalue weighted by Crippen LogP contribution is 2.18. The fraction of sp³-hybridized carbons (Fsp3) is 0.632. The van der Waals surface area contributed by atoms with E-state index in [-0.39, 0.29) is 5.91 Å². The summed E-state index contributed by atoms with van der Waals surface area (Å²) in [5.74, 6) is 0.759. The molecule has 1 amide bonds. The smallest absolute Gasteiger partial charge is 0.240 e. The van der Waals surface area contributed by atoms with E-state index in [2.05, 4.69) is 29.0 Å². The van der Waals surface area contributed by atoms with Gasteiger partial charge in [0, 0.05) is 13.0 Å². The molecule has 5 nitrogen and oxygen atoms in total. The van der Waals surface area contributed by atoms with Gasteiger partial charge in [-0.25, -0.2) is 5.48 Å². The van der Waals surface area contributed by atoms with E-state index >= 15 is 0 Å². The van der Waals surface area contributed by atoms with Crippen LogP contribution >= 0.6 is 0 Å². The molecule has 0 aromatic heterocycles. The Balaban J connectivity index is 1.65. The Morgan fingerprint density at radius 3 is 3.00 bits per heavy atom. The topological polar surface area (TPSA) is 59.6 Å². The van der Waals surface area contributed by atoms with Crippen LogP contribution in [-0.4, -0.2) is 31.7 Å². The normalized spacial score (nSPS) is 18.0. The minimum atomic E-state index is -0.175. The molecule has 1 atom stereocenters. The van der Waals surface area contributed by atoms with Gasteiger partial charge in [0.1, 0.15) is 5.75 Å². The highest BCUT2D eigenvalue weighted by atomic mass is 16.6. The van der Waals surface area contributed by atoms with Gasteiger partial charge < -0.3 is 10.1 Å². The molecule has 1 aromatic carbocycles. The maximum Gasteiger partial charge on any atom is 0.240 e. The van der Waals surface area contributed by atoms with Gasteiger partial charge in [-0.15, -0.1) is 0 Å². The fourth-order valence-electron chi connectivity index (χ4n) is 2.94. The number of hydroxylamine groups is 1. The lowest BCUT2D eigenvalue weighted by molar-refractivity contribution is -0.131. The molecule has 2 rings (SSSR count). The zero-order chi connectivity index (χ0) is 17.0. The van der Waals surface area contributed by atoms with Crippen LogP contribution in [-0.2, 0) is 16.1 Å². The van der Waals surface area contributed by atoms with Crippen LogP contribution in [0, 0.1) is 0 Å². The molecular formula is C19H30N2O3. The highest BCUT2D eigenvalue weighted by molar-refractivity contribution is 5.71. The van der Waals surface area contributed by atoms with Crippen molar-refractivity contribution in [3.05, 3.63) is 29.8 Å². The summed E-state index contributed by atoms with van der Waals surface area (Å²) in [6.07, 6.45) is 8.05. The zero-order valence-corrected chi connectivity index (χ0v) is 14.7. The number of ether oxygens (including phenoxy) is 1. The van der Waals surface area contributed by atoms with E-state index in [1.165, 1.54) is 38.2 Å². The van der Waals surface area contributed by atoms with Gasteiger partial charge in [-0.3, -0.25) is 9.63 Å². The molecule has 1 unspecified atom stereocenters. The van der Waals surface area contributed by atoms with E-state index in [4.69, 9.17) is 9.57 Å². The van der Waals surface area contributed by atoms with Gasteiger partial charge in [0.15, 0.2) is 0 Å². The van der Waals surface area contributed by atoms with Crippen LogP contribution in [0.5, 0.6) is 5.75 Å². The SMILES string of the molecule is CC(=O)NOCCCCOc1cccc(CC2CCCCCN2)c1. The summed E-state index contributed by atoms with van der Waals surface area (Å²) >= 11 is 0. The average Bonchev–Trinajstić information content (AvgIpc) is 2.83. The zero-order valence-electron chi connectivity index (χ0n) is 14.7. The molecule has 1 fully saturated rings. The first kappa shape index (κ1) is 18.7. The third-order valence-electron chi connectivity index (χ3n) is 4.17. The maximum absolute atomic E-state index is 10.6. The van der Waals surface area contributed by atoms with E-state index in [0.717, 1.165) is 31.6 Å². The maximum atomic E-state index is 10.6. The number of hydrogen-bond donors (Lipinski definition) is 2. The molecule has 0 saturated carbocycles. The van der Waals surface area contributed by atoms with Gasteiger partial charge in [0.05, 0.1) is 13.2 Å². The van der Waals surface area contributed by atoms with E-state index in [9.17, 15) is 4.79 Å². The molecule has 0 spiro atoms. The quantitative estimate of drug-likeness (QED) is 0.538. The molecule has 5 heteroatoms. The molecule has 134 valence electrons. The standard InChI is InChI=1S/C19H30N2O3/c1-16(22)21-24-13-6-5-12-23-19-10-7-8-17(15-19)14-18-9-3-2-4-11-20-18/h7-8,10,15,18,20H,2-6,9,11-14H2,1H3,(H,21,22). The monoisotopic (exact) mass is 334 g/mol. The number of nitrogens with one attached hydrogen (secondary N) is 2. The molecule has 1 aromatic rings. The molecule has 2 N–H and O–H groups in total. The molecule has 1 heterocycles. The number of hydrogen-bond acceptors (Lipinski definition) is 4. The van der Waals surface area contributed by atoms with Crippen molar-refractivity contribution in [2.24, 2.45) is 0 Å². The van der Waals surface area contributed by atoms with Gasteiger partial charge in [-0.05, 0) is 56.3 Å². The largest absolute Gasteiger partial charge is 0.494 e. The first-order valence-electron chi connectivity index (χ1n) is 9.07. The van der Waals surface area contributed by atoms with Crippen LogP contribution < -0.4 is 15.5 Å². The van der Waals surface area contributed by atoms with Gasteiger partial charge >= 0.3 is 0 Å². The molecule has 1 aliphatic heterocycles. The lowest BCUT2D eigenvalue weighted by Crippen LogP contribution is -2.30. The summed E-state index contributed by atoms with van der Waals surface area (Å²) in [7, 11) is 0. The first-order valence-corrected chi connectivity index (χ1v) is 9.07. The van der Waals surface area contributed by atoms with Crippen LogP contribution in [0.2, 0.25) is 0 Å². The number of carbonyl (C=O) groups excluding carboxylic acids is 1. The molecular weight excluding hydrogens is 304 g/mol. The van der Waals surface area contributed by atoms with Crippen LogP contribution in [0.25, 0.3) is 0 Å². The third kappa shape index (κ3) is 7.79. The van der Waals surface area contributed by atoms with Crippen molar-refractivity contribution in [1.29, 1.82) is 0 Å². The molecule has 1 saturated heterocycles. The van der Waals surface area contributed by atoms with E-state index in [0.29, 0.717) is 19.3 Å². The highest BCUT2D eigenvalue weighted by Gasteiger charge is 2.12. The summed E-state index contributed by atoms with van der Waals surface area (Å²) < 4.78 is 5.82. The Kier molecular flexibility index (Phi) is 8.63. The van der Waals surface area contributed by atoms with Gasteiger partial charge in [0.25, 0.3) is 0 Å². The number of carbonyl (C=O) groups is 1. The lowest BCUT2D eigenvalue weighted by Gasteiger charge is -2.16. The van der Waals surface area contributed by atoms with Gasteiger partial charge in [0.2, 0.25) is 5.91 Å². The second-order valence-electron chi connectivity index (χ2n) is 6.41. The third-order valence-corrected chi connectivity index (χ3v) is 4.17. The number of benzene rings is 1. The molecule has 1 aliphatic rings. The summed E-state index contributed by atoms with van der Waals surface area (Å²) in [6.45, 7) is 3.74. The average molecular weight is 334 g/mol. The fourth-order valence-corrected chi connectivity index (χ4v) is 2.94. The predicted molar refractivity (Wildman–Crippen MR) is 94.9 cm³/mol. The van der Waals surface area contributed by atoms with Crippen LogP contribution in [0.1, 0.15) is 51.0 Å². The summed E-state index contributed by atoms with van der Waals surface area (Å²) in [5.41, 5.74) is 3.65. The van der Waals surface area contributed by atoms with Crippen LogP contribution in [0.15, 0.2) is 24.3 Å². The molecule has 24 heavy (non-hydrogen) atoms. The molecule has 0 radical (unpaired) electrons. The van der Waals surface area contributed by atoms with Crippen LogP contribution in [0.3, 0.4) is 0 Å². The van der Waals surface area contributed by atoms with Gasteiger partial charge in [-0.1, -0.05) is 25.0 Å². The number of amides is 1. The summed E-state index contributed by atoms with van der Waals surface area (Å²) in [6, 6.07) is 9.01. The summed E-state index contributed by atoms with van der Waals surface area (Å²) in [5, 5.41) is 3.64. The van der Waals surface area contributed by atoms with E-state index in [1.54, 1.807) is 0 Å². The number of rotatable bonds is 9. The summed E-state index contributed by atoms with van der Waals surface area (Å²) in [4.78, 5) is 15.6. The Bertz CT molecular complexity index is 485. The van der Waals surface area contributed by atoms with Crippen molar-refractivity contribution < 1.29 is 14.4 Å². The van der Waals surface area contributed by atoms with Gasteiger partial charge in [-0.2, -0.15) is 0 Å². The van der Waals surface area contributed by atoms with E-state index < -0.39 is 0 Å². The van der Waals surface area contributed by atoms with Crippen molar-refractivity contribution in [2.75, 3.05) is 19.8 Å². The van der Waals surface area contributed by atoms with Crippen molar-refractivity contribution in [3.8, 4) is 5.75 Å². The molecule has 0 aliphatic carbocycles. The van der Waals surface area contributed by atoms with Crippen molar-refractivity contribution in [3.63, 3.8) is 0 Å². The Labute approximate surface area is 145 Å². The van der Waals surface area contributed by atoms with E-state index in [1.807, 2.05) is 6.07 Å². The molecule has 0 bridgehead atoms. The van der Waals surface area contributed by atoms with Crippen molar-refractivity contribution >= 4 is 5.91 Å². The van der Waals surface area contributed by atoms with Crippen LogP contribution in [0.4, 0.5) is 0 Å². The minimum absolute atomic E-state index is 0.175. The first-order chi connectivity index (χ1) is 11.7. The second kappa shape index (κ2) is 11.0. The Morgan fingerprint density at radius 1 is 1.25 bits per heavy atom. The minimum Gasteiger partial charge on any atom is -0.494 e.